The van der Waals surface area contributed by atoms with Crippen molar-refractivity contribution < 1.29 is 9.53 Å². The number of alkyl carbamates (subject to hydrolysis) is 1. The maximum Gasteiger partial charge on any atom is 0.407 e. The number of nitrogen functional groups attached to an aromatic ring is 1. The van der Waals surface area contributed by atoms with Crippen LogP contribution >= 0.6 is 0 Å². The second-order valence-electron chi connectivity index (χ2n) is 10.2. The van der Waals surface area contributed by atoms with Gasteiger partial charge in [0.2, 0.25) is 0 Å². The molecule has 1 amide bonds. The number of fused-ring (bicyclic) bond motifs is 3. The van der Waals surface area contributed by atoms with E-state index in [-0.39, 0.29) is 24.7 Å². The van der Waals surface area contributed by atoms with Gasteiger partial charge in [-0.05, 0) is 72.4 Å². The van der Waals surface area contributed by atoms with Crippen LogP contribution in [-0.4, -0.2) is 17.8 Å². The highest BCUT2D eigenvalue weighted by molar-refractivity contribution is 5.98. The molecule has 178 valence electrons. The maximum absolute atomic E-state index is 13.0. The van der Waals surface area contributed by atoms with Crippen LogP contribution in [0.3, 0.4) is 0 Å². The van der Waals surface area contributed by atoms with Gasteiger partial charge in [0.25, 0.3) is 0 Å². The third-order valence-electron chi connectivity index (χ3n) is 7.61. The molecular weight excluding hydrogens is 434 g/mol. The molecule has 2 aliphatic carbocycles. The third-order valence-corrected chi connectivity index (χ3v) is 7.61. The van der Waals surface area contributed by atoms with E-state index in [4.69, 9.17) is 15.5 Å². The Hall–Kier alpha value is -3.60. The van der Waals surface area contributed by atoms with Crippen LogP contribution in [0, 0.1) is 17.8 Å². The van der Waals surface area contributed by atoms with E-state index in [1.807, 2.05) is 42.5 Å². The number of para-hydroxylation sites is 1. The van der Waals surface area contributed by atoms with Crippen molar-refractivity contribution in [1.29, 1.82) is 0 Å². The molecule has 3 aromatic carbocycles. The lowest BCUT2D eigenvalue weighted by Crippen LogP contribution is -2.46. The minimum absolute atomic E-state index is 0.0836. The SMILES string of the molecule is Nc1ccc(C[C@H](NC(=O)OCc2ccccc2)C(C2=Nc3ccccc3C3CC23)C2CC2)cc1. The van der Waals surface area contributed by atoms with E-state index in [1.54, 1.807) is 0 Å². The van der Waals surface area contributed by atoms with Gasteiger partial charge in [0.05, 0.1) is 5.69 Å². The molecule has 5 nitrogen and oxygen atoms in total. The van der Waals surface area contributed by atoms with Crippen molar-refractivity contribution in [3.8, 4) is 0 Å². The first-order valence-electron chi connectivity index (χ1n) is 12.6. The van der Waals surface area contributed by atoms with Crippen molar-refractivity contribution in [3.05, 3.63) is 95.6 Å². The molecule has 3 N–H and O–H groups in total. The fourth-order valence-corrected chi connectivity index (χ4v) is 5.64. The molecule has 4 atom stereocenters. The zero-order valence-electron chi connectivity index (χ0n) is 19.8. The summed E-state index contributed by atoms with van der Waals surface area (Å²) in [4.78, 5) is 18.2. The van der Waals surface area contributed by atoms with Gasteiger partial charge in [-0.1, -0.05) is 60.7 Å². The van der Waals surface area contributed by atoms with E-state index in [9.17, 15) is 4.79 Å². The van der Waals surface area contributed by atoms with Crippen LogP contribution in [0.1, 0.15) is 41.9 Å². The van der Waals surface area contributed by atoms with Crippen LogP contribution in [-0.2, 0) is 17.8 Å². The van der Waals surface area contributed by atoms with E-state index in [2.05, 4.69) is 41.7 Å². The van der Waals surface area contributed by atoms with Gasteiger partial charge in [0.1, 0.15) is 6.61 Å². The summed E-state index contributed by atoms with van der Waals surface area (Å²) >= 11 is 0. The van der Waals surface area contributed by atoms with E-state index in [0.717, 1.165) is 35.3 Å². The Balaban J connectivity index is 1.27. The molecule has 2 saturated carbocycles. The van der Waals surface area contributed by atoms with Crippen LogP contribution < -0.4 is 11.1 Å². The summed E-state index contributed by atoms with van der Waals surface area (Å²) in [5, 5.41) is 3.26. The molecule has 3 unspecified atom stereocenters. The van der Waals surface area contributed by atoms with Crippen molar-refractivity contribution in [1.82, 2.24) is 5.32 Å². The first-order valence-corrected chi connectivity index (χ1v) is 12.6. The van der Waals surface area contributed by atoms with Gasteiger partial charge in [-0.2, -0.15) is 0 Å². The molecule has 3 aromatic rings. The lowest BCUT2D eigenvalue weighted by Gasteiger charge is -2.31. The summed E-state index contributed by atoms with van der Waals surface area (Å²) in [6.07, 6.45) is 3.87. The largest absolute Gasteiger partial charge is 0.445 e. The molecule has 3 aliphatic rings. The van der Waals surface area contributed by atoms with E-state index >= 15 is 0 Å². The number of amides is 1. The summed E-state index contributed by atoms with van der Waals surface area (Å²) in [5.74, 6) is 1.82. The minimum Gasteiger partial charge on any atom is -0.445 e. The number of nitrogens with two attached hydrogens (primary N) is 1. The summed E-state index contributed by atoms with van der Waals surface area (Å²) in [6, 6.07) is 26.2. The predicted molar refractivity (Wildman–Crippen MR) is 139 cm³/mol. The van der Waals surface area contributed by atoms with Gasteiger partial charge in [0.15, 0.2) is 0 Å². The molecule has 6 rings (SSSR count). The first kappa shape index (κ1) is 21.9. The lowest BCUT2D eigenvalue weighted by atomic mass is 9.82. The first-order chi connectivity index (χ1) is 17.2. The number of carbonyl (C=O) groups excluding carboxylic acids is 1. The summed E-state index contributed by atoms with van der Waals surface area (Å²) in [5.41, 5.74) is 12.6. The molecule has 1 aliphatic heterocycles. The Kier molecular flexibility index (Phi) is 5.77. The van der Waals surface area contributed by atoms with E-state index in [0.29, 0.717) is 17.8 Å². The summed E-state index contributed by atoms with van der Waals surface area (Å²) in [7, 11) is 0. The van der Waals surface area contributed by atoms with Crippen LogP contribution in [0.2, 0.25) is 0 Å². The molecule has 35 heavy (non-hydrogen) atoms. The second kappa shape index (κ2) is 9.21. The van der Waals surface area contributed by atoms with Crippen molar-refractivity contribution in [2.24, 2.45) is 22.7 Å². The molecule has 0 spiro atoms. The topological polar surface area (TPSA) is 76.7 Å². The molecule has 0 saturated heterocycles. The third kappa shape index (κ3) is 4.81. The number of aliphatic imine (C=N–C) groups is 1. The minimum atomic E-state index is -0.371. The van der Waals surface area contributed by atoms with E-state index < -0.39 is 0 Å². The van der Waals surface area contributed by atoms with Gasteiger partial charge >= 0.3 is 6.09 Å². The number of ether oxygens (including phenoxy) is 1. The Morgan fingerprint density at radius 3 is 2.46 bits per heavy atom. The van der Waals surface area contributed by atoms with Crippen LogP contribution in [0.4, 0.5) is 16.2 Å². The number of anilines is 1. The standard InChI is InChI=1S/C30H31N3O2/c31-22-14-10-19(11-15-22)16-27(33-30(34)35-18-20-6-2-1-3-7-20)28(21-12-13-21)29-25-17-24(25)23-8-4-5-9-26(23)32-29/h1-11,14-15,21,24-25,27-28H,12-13,16-18,31H2,(H,33,34)/t24?,25?,27-,28?/m0/s1. The number of hydrogen-bond donors (Lipinski definition) is 2. The zero-order valence-corrected chi connectivity index (χ0v) is 19.8. The van der Waals surface area contributed by atoms with Crippen LogP contribution in [0.5, 0.6) is 0 Å². The zero-order chi connectivity index (χ0) is 23.8. The van der Waals surface area contributed by atoms with Gasteiger partial charge in [-0.15, -0.1) is 0 Å². The number of nitrogens with zero attached hydrogens (tertiary/aromatic N) is 1. The van der Waals surface area contributed by atoms with Crippen molar-refractivity contribution >= 4 is 23.2 Å². The molecule has 0 aromatic heterocycles. The Morgan fingerprint density at radius 1 is 0.943 bits per heavy atom. The Morgan fingerprint density at radius 2 is 1.69 bits per heavy atom. The molecular formula is C30H31N3O2. The van der Waals surface area contributed by atoms with E-state index in [1.165, 1.54) is 24.1 Å². The molecule has 0 radical (unpaired) electrons. The monoisotopic (exact) mass is 465 g/mol. The fraction of sp³-hybridized carbons (Fsp3) is 0.333. The Bertz CT molecular complexity index is 1230. The molecule has 0 bridgehead atoms. The number of nitrogens with one attached hydrogen (secondary N) is 1. The van der Waals surface area contributed by atoms with Crippen molar-refractivity contribution in [2.45, 2.75) is 44.2 Å². The maximum atomic E-state index is 13.0. The van der Waals surface area contributed by atoms with Gasteiger partial charge < -0.3 is 15.8 Å². The molecule has 1 heterocycles. The highest BCUT2D eigenvalue weighted by Crippen LogP contribution is 2.58. The van der Waals surface area contributed by atoms with Gasteiger partial charge in [0, 0.05) is 29.3 Å². The van der Waals surface area contributed by atoms with Crippen molar-refractivity contribution in [2.75, 3.05) is 5.73 Å². The van der Waals surface area contributed by atoms with Crippen LogP contribution in [0.15, 0.2) is 83.9 Å². The second-order valence-corrected chi connectivity index (χ2v) is 10.2. The number of rotatable bonds is 8. The molecule has 2 fully saturated rings. The lowest BCUT2D eigenvalue weighted by molar-refractivity contribution is 0.133. The Labute approximate surface area is 206 Å². The quantitative estimate of drug-likeness (QED) is 0.399. The van der Waals surface area contributed by atoms with Crippen LogP contribution in [0.25, 0.3) is 0 Å². The number of hydrogen-bond acceptors (Lipinski definition) is 4. The predicted octanol–water partition coefficient (Wildman–Crippen LogP) is 6.02. The average molecular weight is 466 g/mol. The van der Waals surface area contributed by atoms with Gasteiger partial charge in [-0.25, -0.2) is 4.79 Å². The number of benzene rings is 3. The van der Waals surface area contributed by atoms with Crippen molar-refractivity contribution in [3.63, 3.8) is 0 Å². The highest BCUT2D eigenvalue weighted by atomic mass is 16.5. The molecule has 5 heteroatoms. The van der Waals surface area contributed by atoms with Gasteiger partial charge in [-0.3, -0.25) is 4.99 Å². The average Bonchev–Trinajstić information content (AvgIpc) is 3.80. The smallest absolute Gasteiger partial charge is 0.407 e. The fourth-order valence-electron chi connectivity index (χ4n) is 5.64. The highest BCUT2D eigenvalue weighted by Gasteiger charge is 2.52. The summed E-state index contributed by atoms with van der Waals surface area (Å²) in [6.45, 7) is 0.258. The number of carbonyl (C=O) groups is 1. The normalized spacial score (nSPS) is 21.7. The summed E-state index contributed by atoms with van der Waals surface area (Å²) < 4.78 is 5.64.